The Balaban J connectivity index is 1.33. The molecule has 10 heteroatoms. The fraction of sp³-hybridized carbons (Fsp3) is 0.905. The van der Waals surface area contributed by atoms with Gasteiger partial charge in [0, 0.05) is 0 Å². The van der Waals surface area contributed by atoms with Crippen molar-refractivity contribution in [2.75, 3.05) is 19.8 Å². The molecule has 0 amide bonds. The highest BCUT2D eigenvalue weighted by Gasteiger charge is 2.52. The molecule has 0 aromatic heterocycles. The van der Waals surface area contributed by atoms with Crippen molar-refractivity contribution in [3.05, 3.63) is 11.6 Å². The molecular formula is C21H34O10. The van der Waals surface area contributed by atoms with E-state index in [1.54, 1.807) is 0 Å². The number of ether oxygens (including phenoxy) is 4. The summed E-state index contributed by atoms with van der Waals surface area (Å²) in [6.07, 6.45) is -7.72. The molecule has 11 atom stereocenters. The first-order chi connectivity index (χ1) is 14.6. The van der Waals surface area contributed by atoms with Crippen LogP contribution in [0.2, 0.25) is 0 Å². The zero-order valence-corrected chi connectivity index (χ0v) is 17.8. The third-order valence-electron chi connectivity index (χ3n) is 7.54. The molecule has 0 aromatic carbocycles. The zero-order valence-electron chi connectivity index (χ0n) is 17.8. The molecule has 0 radical (unpaired) electrons. The second kappa shape index (κ2) is 8.94. The highest BCUT2D eigenvalue weighted by molar-refractivity contribution is 5.23. The molecular weight excluding hydrogens is 412 g/mol. The second-order valence-electron chi connectivity index (χ2n) is 9.73. The fourth-order valence-corrected chi connectivity index (χ4v) is 5.13. The summed E-state index contributed by atoms with van der Waals surface area (Å²) in [5.74, 6) is 1.11. The van der Waals surface area contributed by atoms with Crippen molar-refractivity contribution in [2.45, 2.75) is 82.0 Å². The van der Waals surface area contributed by atoms with Gasteiger partial charge in [0.05, 0.1) is 19.8 Å². The lowest BCUT2D eigenvalue weighted by atomic mass is 9.49. The molecule has 2 heterocycles. The van der Waals surface area contributed by atoms with E-state index in [0.717, 1.165) is 18.4 Å². The van der Waals surface area contributed by atoms with E-state index in [1.807, 2.05) is 0 Å². The van der Waals surface area contributed by atoms with Gasteiger partial charge in [0.25, 0.3) is 0 Å². The van der Waals surface area contributed by atoms with Crippen molar-refractivity contribution in [2.24, 2.45) is 17.3 Å². The van der Waals surface area contributed by atoms with Gasteiger partial charge >= 0.3 is 0 Å². The Morgan fingerprint density at radius 2 is 1.65 bits per heavy atom. The van der Waals surface area contributed by atoms with Gasteiger partial charge in [-0.3, -0.25) is 0 Å². The van der Waals surface area contributed by atoms with Crippen molar-refractivity contribution in [1.82, 2.24) is 0 Å². The van der Waals surface area contributed by atoms with Crippen molar-refractivity contribution >= 4 is 0 Å². The number of hydrogen-bond acceptors (Lipinski definition) is 10. The van der Waals surface area contributed by atoms with Crippen LogP contribution < -0.4 is 0 Å². The van der Waals surface area contributed by atoms with Gasteiger partial charge in [0.15, 0.2) is 12.6 Å². The predicted molar refractivity (Wildman–Crippen MR) is 104 cm³/mol. The van der Waals surface area contributed by atoms with E-state index in [2.05, 4.69) is 19.9 Å². The minimum atomic E-state index is -1.51. The number of hydrogen-bond donors (Lipinski definition) is 6. The average Bonchev–Trinajstić information content (AvgIpc) is 2.75. The van der Waals surface area contributed by atoms with Gasteiger partial charge in [0.1, 0.15) is 42.7 Å². The minimum Gasteiger partial charge on any atom is -0.388 e. The summed E-state index contributed by atoms with van der Waals surface area (Å²) < 4.78 is 22.0. The van der Waals surface area contributed by atoms with Crippen LogP contribution in [0.1, 0.15) is 26.7 Å². The maximum absolute atomic E-state index is 10.3. The predicted octanol–water partition coefficient (Wildman–Crippen LogP) is -1.74. The van der Waals surface area contributed by atoms with Crippen LogP contribution in [-0.2, 0) is 18.9 Å². The third kappa shape index (κ3) is 4.31. The molecule has 0 spiro atoms. The highest BCUT2D eigenvalue weighted by atomic mass is 16.7. The zero-order chi connectivity index (χ0) is 22.5. The van der Waals surface area contributed by atoms with E-state index in [1.165, 1.54) is 0 Å². The number of aliphatic hydroxyl groups is 6. The maximum Gasteiger partial charge on any atom is 0.187 e. The van der Waals surface area contributed by atoms with Gasteiger partial charge in [-0.15, -0.1) is 0 Å². The molecule has 6 N–H and O–H groups in total. The molecule has 3 aliphatic carbocycles. The van der Waals surface area contributed by atoms with Gasteiger partial charge in [0.2, 0.25) is 0 Å². The summed E-state index contributed by atoms with van der Waals surface area (Å²) in [4.78, 5) is 0. The lowest BCUT2D eigenvalue weighted by Crippen LogP contribution is -2.60. The molecule has 5 rings (SSSR count). The van der Waals surface area contributed by atoms with Gasteiger partial charge in [-0.1, -0.05) is 19.9 Å². The standard InChI is InChI=1S/C21H34O10/c1-21(2)10-4-3-9(11(21)5-10)6-28-20-18(27)16(25)15(24)13(31-20)8-30-19-17(26)14(23)12(22)7-29-19/h3,10-20,22-27H,4-8H2,1-2H3/t10-,11-,12-,13+,14-,15+,16-,17+,18+,19-,20-/m0/s1. The van der Waals surface area contributed by atoms with Crippen LogP contribution >= 0.6 is 0 Å². The van der Waals surface area contributed by atoms with Crippen LogP contribution in [0.3, 0.4) is 0 Å². The molecule has 0 unspecified atom stereocenters. The number of allylic oxidation sites excluding steroid dienone is 1. The molecule has 2 saturated heterocycles. The monoisotopic (exact) mass is 446 g/mol. The van der Waals surface area contributed by atoms with Gasteiger partial charge in [-0.25, -0.2) is 0 Å². The summed E-state index contributed by atoms with van der Waals surface area (Å²) >= 11 is 0. The molecule has 5 aliphatic rings. The Bertz CT molecular complexity index is 669. The van der Waals surface area contributed by atoms with E-state index in [4.69, 9.17) is 18.9 Å². The quantitative estimate of drug-likeness (QED) is 0.259. The molecule has 2 aliphatic heterocycles. The first-order valence-corrected chi connectivity index (χ1v) is 10.9. The topological polar surface area (TPSA) is 158 Å². The fourth-order valence-electron chi connectivity index (χ4n) is 5.13. The average molecular weight is 446 g/mol. The Hall–Kier alpha value is -0.660. The van der Waals surface area contributed by atoms with Gasteiger partial charge in [-0.2, -0.15) is 0 Å². The molecule has 0 aromatic rings. The molecule has 10 nitrogen and oxygen atoms in total. The number of fused-ring (bicyclic) bond motifs is 1. The Morgan fingerprint density at radius 1 is 0.935 bits per heavy atom. The van der Waals surface area contributed by atoms with Crippen LogP contribution in [0.4, 0.5) is 0 Å². The van der Waals surface area contributed by atoms with Gasteiger partial charge < -0.3 is 49.6 Å². The third-order valence-corrected chi connectivity index (χ3v) is 7.54. The van der Waals surface area contributed by atoms with Crippen LogP contribution in [0.15, 0.2) is 11.6 Å². The van der Waals surface area contributed by atoms with E-state index in [-0.39, 0.29) is 25.2 Å². The number of rotatable bonds is 6. The molecule has 2 bridgehead atoms. The van der Waals surface area contributed by atoms with E-state index >= 15 is 0 Å². The SMILES string of the molecule is CC1(C)[C@H]2CC=C(CO[C@H]3O[C@H](CO[C@@H]4OC[C@H](O)[C@H](O)[C@H]4O)[C@@H](O)[C@H](O)[C@H]3O)[C@@H]1C2. The largest absolute Gasteiger partial charge is 0.388 e. The maximum atomic E-state index is 10.3. The summed E-state index contributed by atoms with van der Waals surface area (Å²) in [6.45, 7) is 4.23. The second-order valence-corrected chi connectivity index (χ2v) is 9.73. The Labute approximate surface area is 181 Å². The molecule has 178 valence electrons. The smallest absolute Gasteiger partial charge is 0.187 e. The lowest BCUT2D eigenvalue weighted by molar-refractivity contribution is -0.320. The van der Waals surface area contributed by atoms with Crippen molar-refractivity contribution in [1.29, 1.82) is 0 Å². The van der Waals surface area contributed by atoms with Crippen molar-refractivity contribution in [3.8, 4) is 0 Å². The van der Waals surface area contributed by atoms with Crippen LogP contribution in [0.5, 0.6) is 0 Å². The lowest BCUT2D eigenvalue weighted by Gasteiger charge is -2.56. The summed E-state index contributed by atoms with van der Waals surface area (Å²) in [6, 6.07) is 0. The van der Waals surface area contributed by atoms with Gasteiger partial charge in [-0.05, 0) is 35.7 Å². The van der Waals surface area contributed by atoms with E-state index < -0.39 is 55.3 Å². The first-order valence-electron chi connectivity index (χ1n) is 10.9. The molecule has 31 heavy (non-hydrogen) atoms. The molecule has 1 saturated carbocycles. The van der Waals surface area contributed by atoms with Crippen LogP contribution in [0, 0.1) is 17.3 Å². The number of aliphatic hydroxyl groups excluding tert-OH is 6. The molecule has 3 fully saturated rings. The van der Waals surface area contributed by atoms with Crippen molar-refractivity contribution < 1.29 is 49.6 Å². The van der Waals surface area contributed by atoms with Crippen LogP contribution in [-0.4, -0.2) is 106 Å². The summed E-state index contributed by atoms with van der Waals surface area (Å²) in [7, 11) is 0. The Kier molecular flexibility index (Phi) is 6.78. The summed E-state index contributed by atoms with van der Waals surface area (Å²) in [5, 5.41) is 60.0. The minimum absolute atomic E-state index is 0.225. The normalized spacial score (nSPS) is 49.3. The Morgan fingerprint density at radius 3 is 2.32 bits per heavy atom. The first kappa shape index (κ1) is 23.5. The van der Waals surface area contributed by atoms with E-state index in [0.29, 0.717) is 11.8 Å². The van der Waals surface area contributed by atoms with Crippen molar-refractivity contribution in [3.63, 3.8) is 0 Å². The highest BCUT2D eigenvalue weighted by Crippen LogP contribution is 2.59. The van der Waals surface area contributed by atoms with Crippen LogP contribution in [0.25, 0.3) is 0 Å². The summed E-state index contributed by atoms with van der Waals surface area (Å²) in [5.41, 5.74) is 1.38. The van der Waals surface area contributed by atoms with E-state index in [9.17, 15) is 30.6 Å².